The number of ether oxygens (including phenoxy) is 3. The lowest BCUT2D eigenvalue weighted by Crippen LogP contribution is -2.05. The summed E-state index contributed by atoms with van der Waals surface area (Å²) >= 11 is 3.84. The third-order valence-electron chi connectivity index (χ3n) is 3.95. The van der Waals surface area contributed by atoms with Crippen LogP contribution < -0.4 is 14.2 Å². The molecule has 0 radical (unpaired) electrons. The van der Waals surface area contributed by atoms with Gasteiger partial charge in [-0.1, -0.05) is 30.9 Å². The first-order chi connectivity index (χ1) is 13.7. The van der Waals surface area contributed by atoms with E-state index in [0.717, 1.165) is 22.8 Å². The highest BCUT2D eigenvalue weighted by Gasteiger charge is 2.20. The molecule has 0 spiro atoms. The minimum Gasteiger partial charge on any atom is -0.493 e. The maximum absolute atomic E-state index is 12.2. The fourth-order valence-electron chi connectivity index (χ4n) is 2.60. The SMILES string of the molecule is C=CCOc1ccc(/C=C/C(=O)Oc2ccc(C3SCCS3)cc2OC)cc1. The Balaban J connectivity index is 1.62. The number of benzene rings is 2. The number of carbonyl (C=O) groups excluding carboxylic acids is 1. The van der Waals surface area contributed by atoms with Crippen LogP contribution in [0.2, 0.25) is 0 Å². The fraction of sp³-hybridized carbons (Fsp3) is 0.227. The molecule has 146 valence electrons. The number of hydrogen-bond acceptors (Lipinski definition) is 6. The number of methoxy groups -OCH3 is 1. The third kappa shape index (κ3) is 5.59. The van der Waals surface area contributed by atoms with Gasteiger partial charge in [-0.25, -0.2) is 4.79 Å². The average molecular weight is 415 g/mol. The first-order valence-corrected chi connectivity index (χ1v) is 10.9. The lowest BCUT2D eigenvalue weighted by atomic mass is 10.2. The van der Waals surface area contributed by atoms with Crippen molar-refractivity contribution >= 4 is 35.6 Å². The molecule has 0 aromatic heterocycles. The highest BCUT2D eigenvalue weighted by atomic mass is 32.2. The van der Waals surface area contributed by atoms with E-state index in [0.29, 0.717) is 22.7 Å². The van der Waals surface area contributed by atoms with Crippen molar-refractivity contribution in [1.29, 1.82) is 0 Å². The van der Waals surface area contributed by atoms with Crippen LogP contribution in [0.3, 0.4) is 0 Å². The van der Waals surface area contributed by atoms with E-state index in [1.165, 1.54) is 11.6 Å². The molecule has 0 amide bonds. The Labute approximate surface area is 174 Å². The number of hydrogen-bond donors (Lipinski definition) is 0. The quantitative estimate of drug-likeness (QED) is 0.251. The molecule has 6 heteroatoms. The molecular weight excluding hydrogens is 392 g/mol. The van der Waals surface area contributed by atoms with Crippen LogP contribution in [0.25, 0.3) is 6.08 Å². The number of rotatable bonds is 8. The molecule has 1 aliphatic rings. The van der Waals surface area contributed by atoms with Gasteiger partial charge < -0.3 is 14.2 Å². The predicted molar refractivity (Wildman–Crippen MR) is 117 cm³/mol. The van der Waals surface area contributed by atoms with Crippen LogP contribution in [-0.2, 0) is 4.79 Å². The lowest BCUT2D eigenvalue weighted by molar-refractivity contribution is -0.129. The molecule has 4 nitrogen and oxygen atoms in total. The fourth-order valence-corrected chi connectivity index (χ4v) is 5.44. The summed E-state index contributed by atoms with van der Waals surface area (Å²) in [4.78, 5) is 12.2. The molecule has 2 aromatic carbocycles. The van der Waals surface area contributed by atoms with E-state index in [2.05, 4.69) is 6.58 Å². The zero-order chi connectivity index (χ0) is 19.8. The van der Waals surface area contributed by atoms with E-state index in [-0.39, 0.29) is 0 Å². The average Bonchev–Trinajstić information content (AvgIpc) is 3.26. The topological polar surface area (TPSA) is 44.8 Å². The van der Waals surface area contributed by atoms with Gasteiger partial charge in [-0.05, 0) is 41.5 Å². The Hall–Kier alpha value is -2.31. The molecule has 1 aliphatic heterocycles. The van der Waals surface area contributed by atoms with Crippen LogP contribution in [-0.4, -0.2) is 31.2 Å². The molecule has 0 unspecified atom stereocenters. The Morgan fingerprint density at radius 3 is 2.57 bits per heavy atom. The highest BCUT2D eigenvalue weighted by Crippen LogP contribution is 2.46. The van der Waals surface area contributed by atoms with Crippen LogP contribution in [0, 0.1) is 0 Å². The van der Waals surface area contributed by atoms with Crippen molar-refractivity contribution < 1.29 is 19.0 Å². The van der Waals surface area contributed by atoms with Crippen molar-refractivity contribution in [3.05, 3.63) is 72.3 Å². The van der Waals surface area contributed by atoms with Crippen LogP contribution >= 0.6 is 23.5 Å². The Kier molecular flexibility index (Phi) is 7.51. The first-order valence-electron chi connectivity index (χ1n) is 8.84. The van der Waals surface area contributed by atoms with E-state index in [4.69, 9.17) is 14.2 Å². The molecule has 3 rings (SSSR count). The van der Waals surface area contributed by atoms with E-state index in [1.807, 2.05) is 59.9 Å². The normalized spacial score (nSPS) is 14.2. The number of esters is 1. The van der Waals surface area contributed by atoms with E-state index in [9.17, 15) is 4.79 Å². The zero-order valence-electron chi connectivity index (χ0n) is 15.6. The van der Waals surface area contributed by atoms with E-state index >= 15 is 0 Å². The van der Waals surface area contributed by atoms with E-state index < -0.39 is 5.97 Å². The molecular formula is C22H22O4S2. The molecule has 1 heterocycles. The second-order valence-electron chi connectivity index (χ2n) is 5.91. The van der Waals surface area contributed by atoms with Crippen molar-refractivity contribution in [2.75, 3.05) is 25.2 Å². The summed E-state index contributed by atoms with van der Waals surface area (Å²) < 4.78 is 16.7. The minimum absolute atomic E-state index is 0.414. The van der Waals surface area contributed by atoms with Gasteiger partial charge >= 0.3 is 5.97 Å². The molecule has 0 atom stereocenters. The molecule has 2 aromatic rings. The van der Waals surface area contributed by atoms with Gasteiger partial charge in [0.1, 0.15) is 12.4 Å². The van der Waals surface area contributed by atoms with Gasteiger partial charge in [0.25, 0.3) is 0 Å². The minimum atomic E-state index is -0.456. The van der Waals surface area contributed by atoms with Crippen molar-refractivity contribution in [1.82, 2.24) is 0 Å². The summed E-state index contributed by atoms with van der Waals surface area (Å²) in [6.45, 7) is 4.07. The van der Waals surface area contributed by atoms with Crippen molar-refractivity contribution in [2.45, 2.75) is 4.58 Å². The Morgan fingerprint density at radius 2 is 1.89 bits per heavy atom. The molecule has 28 heavy (non-hydrogen) atoms. The standard InChI is InChI=1S/C22H22O4S2/c1-3-12-25-18-8-4-16(5-9-18)6-11-21(23)26-19-10-7-17(15-20(19)24-2)22-27-13-14-28-22/h3-11,15,22H,1,12-14H2,2H3/b11-6+. The van der Waals surface area contributed by atoms with Crippen molar-refractivity contribution in [2.24, 2.45) is 0 Å². The highest BCUT2D eigenvalue weighted by molar-refractivity contribution is 8.19. The molecule has 0 N–H and O–H groups in total. The van der Waals surface area contributed by atoms with Gasteiger partial charge in [0, 0.05) is 17.6 Å². The summed E-state index contributed by atoms with van der Waals surface area (Å²) in [7, 11) is 1.58. The van der Waals surface area contributed by atoms with Gasteiger partial charge in [0.05, 0.1) is 11.7 Å². The maximum Gasteiger partial charge on any atom is 0.336 e. The summed E-state index contributed by atoms with van der Waals surface area (Å²) in [5, 5.41) is 0. The van der Waals surface area contributed by atoms with Gasteiger partial charge in [0.15, 0.2) is 11.5 Å². The summed E-state index contributed by atoms with van der Waals surface area (Å²) in [5.74, 6) is 3.59. The Morgan fingerprint density at radius 1 is 1.14 bits per heavy atom. The lowest BCUT2D eigenvalue weighted by Gasteiger charge is -2.13. The second kappa shape index (κ2) is 10.3. The van der Waals surface area contributed by atoms with Crippen LogP contribution in [0.1, 0.15) is 15.7 Å². The maximum atomic E-state index is 12.2. The predicted octanol–water partition coefficient (Wildman–Crippen LogP) is 5.36. The zero-order valence-corrected chi connectivity index (χ0v) is 17.3. The summed E-state index contributed by atoms with van der Waals surface area (Å²) in [6.07, 6.45) is 4.79. The van der Waals surface area contributed by atoms with Crippen molar-refractivity contribution in [3.63, 3.8) is 0 Å². The van der Waals surface area contributed by atoms with Crippen LogP contribution in [0.5, 0.6) is 17.2 Å². The molecule has 1 saturated heterocycles. The summed E-state index contributed by atoms with van der Waals surface area (Å²) in [6, 6.07) is 13.2. The summed E-state index contributed by atoms with van der Waals surface area (Å²) in [5.41, 5.74) is 2.05. The van der Waals surface area contributed by atoms with E-state index in [1.54, 1.807) is 25.3 Å². The number of carbonyl (C=O) groups is 1. The largest absolute Gasteiger partial charge is 0.493 e. The molecule has 0 bridgehead atoms. The van der Waals surface area contributed by atoms with Gasteiger partial charge in [0.2, 0.25) is 0 Å². The monoisotopic (exact) mass is 414 g/mol. The van der Waals surface area contributed by atoms with Gasteiger partial charge in [-0.15, -0.1) is 23.5 Å². The van der Waals surface area contributed by atoms with Gasteiger partial charge in [-0.3, -0.25) is 0 Å². The molecule has 1 fully saturated rings. The van der Waals surface area contributed by atoms with Crippen molar-refractivity contribution in [3.8, 4) is 17.2 Å². The molecule has 0 saturated carbocycles. The van der Waals surface area contributed by atoms with Crippen LogP contribution in [0.15, 0.2) is 61.2 Å². The number of thioether (sulfide) groups is 2. The Bertz CT molecular complexity index is 840. The smallest absolute Gasteiger partial charge is 0.336 e. The van der Waals surface area contributed by atoms with Gasteiger partial charge in [-0.2, -0.15) is 0 Å². The second-order valence-corrected chi connectivity index (χ2v) is 8.63. The third-order valence-corrected chi connectivity index (χ3v) is 7.06. The molecule has 0 aliphatic carbocycles. The van der Waals surface area contributed by atoms with Crippen LogP contribution in [0.4, 0.5) is 0 Å². The first kappa shape index (κ1) is 20.4.